The monoisotopic (exact) mass is 316 g/mol. The molecule has 0 heterocycles. The van der Waals surface area contributed by atoms with Crippen LogP contribution in [0.3, 0.4) is 0 Å². The molecule has 0 spiro atoms. The molecule has 21 heavy (non-hydrogen) atoms. The maximum absolute atomic E-state index is 5.16. The Kier molecular flexibility index (Phi) is 7.33. The van der Waals surface area contributed by atoms with Crippen LogP contribution in [0.25, 0.3) is 6.08 Å². The van der Waals surface area contributed by atoms with Gasteiger partial charge in [0.25, 0.3) is 0 Å². The molecule has 110 valence electrons. The lowest BCUT2D eigenvalue weighted by atomic mass is 10.2. The smallest absolute Gasteiger partial charge is 0.118 e. The summed E-state index contributed by atoms with van der Waals surface area (Å²) in [6.45, 7) is 0. The standard InChI is InChI=1S/C18H20OS2/c1-19-17-8-10-18(11-9-17)21-14-5-13-20-15-12-16-6-3-2-4-7-16/h2-4,6-12,15H,5,13-14H2,1H3/b15-12+. The highest BCUT2D eigenvalue weighted by Crippen LogP contribution is 2.22. The van der Waals surface area contributed by atoms with E-state index in [1.165, 1.54) is 16.9 Å². The van der Waals surface area contributed by atoms with Crippen LogP contribution >= 0.6 is 23.5 Å². The van der Waals surface area contributed by atoms with Crippen molar-refractivity contribution >= 4 is 29.6 Å². The van der Waals surface area contributed by atoms with E-state index in [1.54, 1.807) is 7.11 Å². The Bertz CT molecular complexity index is 535. The first-order valence-corrected chi connectivity index (χ1v) is 9.02. The molecule has 0 aliphatic heterocycles. The topological polar surface area (TPSA) is 9.23 Å². The molecule has 3 heteroatoms. The average molecular weight is 316 g/mol. The molecule has 0 radical (unpaired) electrons. The lowest BCUT2D eigenvalue weighted by Gasteiger charge is -2.03. The van der Waals surface area contributed by atoms with Crippen molar-refractivity contribution in [3.05, 3.63) is 65.6 Å². The average Bonchev–Trinajstić information content (AvgIpc) is 2.55. The molecule has 1 nitrogen and oxygen atoms in total. The maximum Gasteiger partial charge on any atom is 0.118 e. The second kappa shape index (κ2) is 9.59. The molecule has 0 aromatic heterocycles. The Hall–Kier alpha value is -1.32. The van der Waals surface area contributed by atoms with Crippen LogP contribution in [0.4, 0.5) is 0 Å². The molecule has 0 saturated carbocycles. The normalized spacial score (nSPS) is 10.9. The Labute approximate surface area is 135 Å². The molecule has 0 saturated heterocycles. The van der Waals surface area contributed by atoms with Gasteiger partial charge in [-0.1, -0.05) is 30.3 Å². The number of ether oxygens (including phenoxy) is 1. The molecule has 0 bridgehead atoms. The van der Waals surface area contributed by atoms with Gasteiger partial charge in [0, 0.05) is 4.90 Å². The molecule has 0 unspecified atom stereocenters. The molecule has 0 amide bonds. The van der Waals surface area contributed by atoms with Gasteiger partial charge in [0.05, 0.1) is 7.11 Å². The number of hydrogen-bond acceptors (Lipinski definition) is 3. The van der Waals surface area contributed by atoms with Crippen molar-refractivity contribution in [3.8, 4) is 5.75 Å². The number of methoxy groups -OCH3 is 1. The minimum atomic E-state index is 0.918. The van der Waals surface area contributed by atoms with Gasteiger partial charge in [-0.15, -0.1) is 23.5 Å². The van der Waals surface area contributed by atoms with E-state index in [-0.39, 0.29) is 0 Å². The summed E-state index contributed by atoms with van der Waals surface area (Å²) in [5, 5.41) is 2.19. The highest BCUT2D eigenvalue weighted by atomic mass is 32.2. The first-order valence-electron chi connectivity index (χ1n) is 6.98. The lowest BCUT2D eigenvalue weighted by Crippen LogP contribution is -1.84. The van der Waals surface area contributed by atoms with E-state index < -0.39 is 0 Å². The molecule has 2 rings (SSSR count). The van der Waals surface area contributed by atoms with Gasteiger partial charge in [0.15, 0.2) is 0 Å². The fourth-order valence-electron chi connectivity index (χ4n) is 1.76. The van der Waals surface area contributed by atoms with Crippen LogP contribution < -0.4 is 4.74 Å². The Morgan fingerprint density at radius 2 is 1.71 bits per heavy atom. The quantitative estimate of drug-likeness (QED) is 0.464. The summed E-state index contributed by atoms with van der Waals surface area (Å²) in [6, 6.07) is 18.7. The first kappa shape index (κ1) is 16.1. The lowest BCUT2D eigenvalue weighted by molar-refractivity contribution is 0.414. The minimum Gasteiger partial charge on any atom is -0.497 e. The predicted molar refractivity (Wildman–Crippen MR) is 96.3 cm³/mol. The zero-order chi connectivity index (χ0) is 14.8. The van der Waals surface area contributed by atoms with Crippen molar-refractivity contribution < 1.29 is 4.74 Å². The summed E-state index contributed by atoms with van der Waals surface area (Å²) in [7, 11) is 1.70. The van der Waals surface area contributed by atoms with E-state index in [1.807, 2.05) is 41.7 Å². The van der Waals surface area contributed by atoms with E-state index >= 15 is 0 Å². The van der Waals surface area contributed by atoms with Crippen LogP contribution in [-0.2, 0) is 0 Å². The molecular formula is C18H20OS2. The number of benzene rings is 2. The molecule has 0 fully saturated rings. The zero-order valence-electron chi connectivity index (χ0n) is 12.2. The fraction of sp³-hybridized carbons (Fsp3) is 0.222. The Morgan fingerprint density at radius 1 is 0.952 bits per heavy atom. The second-order valence-corrected chi connectivity index (χ2v) is 6.64. The number of rotatable bonds is 8. The van der Waals surface area contributed by atoms with Crippen molar-refractivity contribution in [1.82, 2.24) is 0 Å². The van der Waals surface area contributed by atoms with Crippen LogP contribution in [0.15, 0.2) is 64.9 Å². The SMILES string of the molecule is COc1ccc(SCCCS/C=C/c2ccccc2)cc1. The van der Waals surface area contributed by atoms with Crippen molar-refractivity contribution in [2.75, 3.05) is 18.6 Å². The first-order chi connectivity index (χ1) is 10.4. The third-order valence-electron chi connectivity index (χ3n) is 2.89. The van der Waals surface area contributed by atoms with E-state index in [0.29, 0.717) is 0 Å². The highest BCUT2D eigenvalue weighted by Gasteiger charge is 1.95. The summed E-state index contributed by atoms with van der Waals surface area (Å²) >= 11 is 3.78. The summed E-state index contributed by atoms with van der Waals surface area (Å²) < 4.78 is 5.16. The summed E-state index contributed by atoms with van der Waals surface area (Å²) in [4.78, 5) is 1.31. The van der Waals surface area contributed by atoms with E-state index in [4.69, 9.17) is 4.74 Å². The summed E-state index contributed by atoms with van der Waals surface area (Å²) in [6.07, 6.45) is 3.38. The van der Waals surface area contributed by atoms with E-state index in [9.17, 15) is 0 Å². The summed E-state index contributed by atoms with van der Waals surface area (Å²) in [5.41, 5.74) is 1.26. The summed E-state index contributed by atoms with van der Waals surface area (Å²) in [5.74, 6) is 3.23. The number of hydrogen-bond donors (Lipinski definition) is 0. The van der Waals surface area contributed by atoms with Gasteiger partial charge < -0.3 is 4.74 Å². The van der Waals surface area contributed by atoms with Crippen molar-refractivity contribution in [1.29, 1.82) is 0 Å². The molecule has 2 aromatic rings. The van der Waals surface area contributed by atoms with Crippen LogP contribution in [0.5, 0.6) is 5.75 Å². The third-order valence-corrected chi connectivity index (χ3v) is 4.84. The highest BCUT2D eigenvalue weighted by molar-refractivity contribution is 8.02. The molecule has 0 aliphatic carbocycles. The van der Waals surface area contributed by atoms with Crippen LogP contribution in [-0.4, -0.2) is 18.6 Å². The van der Waals surface area contributed by atoms with Gasteiger partial charge in [-0.05, 0) is 59.2 Å². The molecule has 0 aliphatic rings. The van der Waals surface area contributed by atoms with Crippen LogP contribution in [0.2, 0.25) is 0 Å². The second-order valence-electron chi connectivity index (χ2n) is 4.46. The minimum absolute atomic E-state index is 0.918. The van der Waals surface area contributed by atoms with Gasteiger partial charge in [0.2, 0.25) is 0 Å². The van der Waals surface area contributed by atoms with Crippen molar-refractivity contribution in [3.63, 3.8) is 0 Å². The molecular weight excluding hydrogens is 296 g/mol. The van der Waals surface area contributed by atoms with Gasteiger partial charge in [-0.25, -0.2) is 0 Å². The predicted octanol–water partition coefficient (Wildman–Crippen LogP) is 5.58. The molecule has 2 aromatic carbocycles. The molecule has 0 atom stereocenters. The zero-order valence-corrected chi connectivity index (χ0v) is 13.8. The van der Waals surface area contributed by atoms with Gasteiger partial charge in [-0.2, -0.15) is 0 Å². The van der Waals surface area contributed by atoms with Crippen molar-refractivity contribution in [2.45, 2.75) is 11.3 Å². The van der Waals surface area contributed by atoms with Crippen LogP contribution in [0.1, 0.15) is 12.0 Å². The van der Waals surface area contributed by atoms with Gasteiger partial charge in [-0.3, -0.25) is 0 Å². The maximum atomic E-state index is 5.16. The molecule has 0 N–H and O–H groups in total. The Morgan fingerprint density at radius 3 is 2.43 bits per heavy atom. The van der Waals surface area contributed by atoms with Gasteiger partial charge in [0.1, 0.15) is 5.75 Å². The van der Waals surface area contributed by atoms with Crippen LogP contribution in [0, 0.1) is 0 Å². The van der Waals surface area contributed by atoms with E-state index in [2.05, 4.69) is 47.9 Å². The van der Waals surface area contributed by atoms with E-state index in [0.717, 1.165) is 17.3 Å². The Balaban J connectivity index is 1.58. The van der Waals surface area contributed by atoms with Gasteiger partial charge >= 0.3 is 0 Å². The third kappa shape index (κ3) is 6.32. The number of thioether (sulfide) groups is 2. The van der Waals surface area contributed by atoms with Crippen molar-refractivity contribution in [2.24, 2.45) is 0 Å². The fourth-order valence-corrected chi connectivity index (χ4v) is 3.50. The largest absolute Gasteiger partial charge is 0.497 e.